The lowest BCUT2D eigenvalue weighted by Crippen LogP contribution is -2.33. The summed E-state index contributed by atoms with van der Waals surface area (Å²) in [5.74, 6) is 1.08. The Morgan fingerprint density at radius 2 is 2.08 bits per heavy atom. The SMILES string of the molecule is CCC=C(CCCCC)C(=O)N(Cc1cccc(OC)c1)C1CC1. The van der Waals surface area contributed by atoms with Crippen molar-refractivity contribution in [2.75, 3.05) is 7.11 Å². The third-order valence-corrected chi connectivity index (χ3v) is 4.51. The summed E-state index contributed by atoms with van der Waals surface area (Å²) >= 11 is 0. The molecular weight excluding hydrogens is 298 g/mol. The van der Waals surface area contributed by atoms with Gasteiger partial charge in [0.05, 0.1) is 7.11 Å². The minimum absolute atomic E-state index is 0.235. The van der Waals surface area contributed by atoms with Crippen LogP contribution in [0.25, 0.3) is 0 Å². The van der Waals surface area contributed by atoms with Crippen molar-refractivity contribution in [3.8, 4) is 5.75 Å². The van der Waals surface area contributed by atoms with Crippen LogP contribution < -0.4 is 4.74 Å². The third kappa shape index (κ3) is 5.40. The molecule has 1 aromatic carbocycles. The molecule has 1 aromatic rings. The zero-order valence-electron chi connectivity index (χ0n) is 15.4. The average molecular weight is 329 g/mol. The fourth-order valence-corrected chi connectivity index (χ4v) is 3.01. The molecule has 3 nitrogen and oxygen atoms in total. The molecule has 0 radical (unpaired) electrons. The molecule has 0 aromatic heterocycles. The van der Waals surface area contributed by atoms with Gasteiger partial charge in [0.1, 0.15) is 5.75 Å². The van der Waals surface area contributed by atoms with E-state index in [2.05, 4.69) is 30.9 Å². The Morgan fingerprint density at radius 3 is 2.71 bits per heavy atom. The van der Waals surface area contributed by atoms with Gasteiger partial charge in [-0.05, 0) is 49.8 Å². The molecule has 1 saturated carbocycles. The Hall–Kier alpha value is -1.77. The summed E-state index contributed by atoms with van der Waals surface area (Å²) in [6.07, 6.45) is 9.68. The van der Waals surface area contributed by atoms with Gasteiger partial charge in [0.2, 0.25) is 5.91 Å². The van der Waals surface area contributed by atoms with E-state index in [-0.39, 0.29) is 5.91 Å². The molecule has 0 spiro atoms. The van der Waals surface area contributed by atoms with Crippen molar-refractivity contribution < 1.29 is 9.53 Å². The van der Waals surface area contributed by atoms with E-state index in [0.717, 1.165) is 49.0 Å². The molecule has 132 valence electrons. The Morgan fingerprint density at radius 1 is 1.29 bits per heavy atom. The van der Waals surface area contributed by atoms with Crippen LogP contribution >= 0.6 is 0 Å². The van der Waals surface area contributed by atoms with Gasteiger partial charge in [-0.15, -0.1) is 0 Å². The van der Waals surface area contributed by atoms with Crippen LogP contribution in [0.2, 0.25) is 0 Å². The first-order chi connectivity index (χ1) is 11.7. The summed E-state index contributed by atoms with van der Waals surface area (Å²) in [6, 6.07) is 8.46. The van der Waals surface area contributed by atoms with Crippen LogP contribution in [0.15, 0.2) is 35.9 Å². The van der Waals surface area contributed by atoms with Crippen molar-refractivity contribution in [1.29, 1.82) is 0 Å². The van der Waals surface area contributed by atoms with E-state index in [4.69, 9.17) is 4.74 Å². The van der Waals surface area contributed by atoms with Gasteiger partial charge in [-0.2, -0.15) is 0 Å². The topological polar surface area (TPSA) is 29.5 Å². The lowest BCUT2D eigenvalue weighted by Gasteiger charge is -2.24. The summed E-state index contributed by atoms with van der Waals surface area (Å²) in [4.78, 5) is 15.2. The van der Waals surface area contributed by atoms with E-state index in [1.165, 1.54) is 12.8 Å². The maximum atomic E-state index is 13.1. The van der Waals surface area contributed by atoms with Crippen LogP contribution in [-0.4, -0.2) is 24.0 Å². The molecule has 1 aliphatic carbocycles. The lowest BCUT2D eigenvalue weighted by molar-refractivity contribution is -0.128. The summed E-state index contributed by atoms with van der Waals surface area (Å²) in [5, 5.41) is 0. The molecular formula is C21H31NO2. The number of hydrogen-bond acceptors (Lipinski definition) is 2. The van der Waals surface area contributed by atoms with Gasteiger partial charge in [0, 0.05) is 18.2 Å². The van der Waals surface area contributed by atoms with Crippen LogP contribution in [0.5, 0.6) is 5.75 Å². The molecule has 0 saturated heterocycles. The summed E-state index contributed by atoms with van der Waals surface area (Å²) in [7, 11) is 1.68. The molecule has 0 N–H and O–H groups in total. The number of unbranched alkanes of at least 4 members (excludes halogenated alkanes) is 2. The molecule has 1 fully saturated rings. The van der Waals surface area contributed by atoms with Gasteiger partial charge >= 0.3 is 0 Å². The number of methoxy groups -OCH3 is 1. The summed E-state index contributed by atoms with van der Waals surface area (Å²) < 4.78 is 5.31. The first kappa shape index (κ1) is 18.6. The highest BCUT2D eigenvalue weighted by Crippen LogP contribution is 2.31. The van der Waals surface area contributed by atoms with Gasteiger partial charge in [-0.3, -0.25) is 4.79 Å². The van der Waals surface area contributed by atoms with E-state index >= 15 is 0 Å². The van der Waals surface area contributed by atoms with E-state index in [0.29, 0.717) is 12.6 Å². The second-order valence-corrected chi connectivity index (χ2v) is 6.61. The van der Waals surface area contributed by atoms with Gasteiger partial charge in [-0.1, -0.05) is 44.9 Å². The lowest BCUT2D eigenvalue weighted by atomic mass is 10.0. The first-order valence-corrected chi connectivity index (χ1v) is 9.32. The minimum atomic E-state index is 0.235. The molecule has 1 amide bonds. The van der Waals surface area contributed by atoms with Crippen LogP contribution in [0.1, 0.15) is 64.4 Å². The molecule has 0 heterocycles. The maximum absolute atomic E-state index is 13.1. The van der Waals surface area contributed by atoms with Crippen LogP contribution in [0, 0.1) is 0 Å². The highest BCUT2D eigenvalue weighted by molar-refractivity contribution is 5.93. The summed E-state index contributed by atoms with van der Waals surface area (Å²) in [5.41, 5.74) is 2.14. The number of ether oxygens (including phenoxy) is 1. The van der Waals surface area contributed by atoms with Crippen molar-refractivity contribution in [2.45, 2.75) is 71.4 Å². The van der Waals surface area contributed by atoms with Crippen LogP contribution in [0.3, 0.4) is 0 Å². The molecule has 3 heteroatoms. The standard InChI is InChI=1S/C21H31NO2/c1-4-6-7-11-18(9-5-2)21(23)22(19-13-14-19)16-17-10-8-12-20(15-17)24-3/h8-10,12,15,19H,4-7,11,13-14,16H2,1-3H3. The highest BCUT2D eigenvalue weighted by Gasteiger charge is 2.33. The Bertz CT molecular complexity index is 561. The van der Waals surface area contributed by atoms with Crippen molar-refractivity contribution in [3.63, 3.8) is 0 Å². The number of carbonyl (C=O) groups excluding carboxylic acids is 1. The number of benzene rings is 1. The zero-order chi connectivity index (χ0) is 17.4. The van der Waals surface area contributed by atoms with Gasteiger partial charge in [0.15, 0.2) is 0 Å². The molecule has 0 atom stereocenters. The second kappa shape index (κ2) is 9.51. The molecule has 0 aliphatic heterocycles. The van der Waals surface area contributed by atoms with Crippen molar-refractivity contribution >= 4 is 5.91 Å². The quantitative estimate of drug-likeness (QED) is 0.441. The van der Waals surface area contributed by atoms with Gasteiger partial charge < -0.3 is 9.64 Å². The number of hydrogen-bond donors (Lipinski definition) is 0. The van der Waals surface area contributed by atoms with Gasteiger partial charge in [-0.25, -0.2) is 0 Å². The normalized spacial score (nSPS) is 14.5. The largest absolute Gasteiger partial charge is 0.497 e. The number of amides is 1. The number of rotatable bonds is 10. The Balaban J connectivity index is 2.10. The molecule has 0 unspecified atom stereocenters. The fraction of sp³-hybridized carbons (Fsp3) is 0.571. The maximum Gasteiger partial charge on any atom is 0.250 e. The Labute approximate surface area is 146 Å². The second-order valence-electron chi connectivity index (χ2n) is 6.61. The van der Waals surface area contributed by atoms with Crippen LogP contribution in [0.4, 0.5) is 0 Å². The predicted octanol–water partition coefficient (Wildman–Crippen LogP) is 5.10. The van der Waals surface area contributed by atoms with E-state index in [1.54, 1.807) is 7.11 Å². The molecule has 2 rings (SSSR count). The smallest absolute Gasteiger partial charge is 0.250 e. The van der Waals surface area contributed by atoms with Crippen molar-refractivity contribution in [1.82, 2.24) is 4.90 Å². The monoisotopic (exact) mass is 329 g/mol. The zero-order valence-corrected chi connectivity index (χ0v) is 15.4. The number of carbonyl (C=O) groups is 1. The van der Waals surface area contributed by atoms with Gasteiger partial charge in [0.25, 0.3) is 0 Å². The number of nitrogens with zero attached hydrogens (tertiary/aromatic N) is 1. The van der Waals surface area contributed by atoms with E-state index in [9.17, 15) is 4.79 Å². The molecule has 0 bridgehead atoms. The first-order valence-electron chi connectivity index (χ1n) is 9.32. The van der Waals surface area contributed by atoms with E-state index < -0.39 is 0 Å². The highest BCUT2D eigenvalue weighted by atomic mass is 16.5. The molecule has 1 aliphatic rings. The average Bonchev–Trinajstić information content (AvgIpc) is 3.43. The Kier molecular flexibility index (Phi) is 7.36. The minimum Gasteiger partial charge on any atom is -0.497 e. The summed E-state index contributed by atoms with van der Waals surface area (Å²) in [6.45, 7) is 4.98. The van der Waals surface area contributed by atoms with E-state index in [1.807, 2.05) is 18.2 Å². The van der Waals surface area contributed by atoms with Crippen LogP contribution in [-0.2, 0) is 11.3 Å². The third-order valence-electron chi connectivity index (χ3n) is 4.51. The van der Waals surface area contributed by atoms with Crippen molar-refractivity contribution in [2.24, 2.45) is 0 Å². The fourth-order valence-electron chi connectivity index (χ4n) is 3.01. The predicted molar refractivity (Wildman–Crippen MR) is 99.1 cm³/mol. The number of allylic oxidation sites excluding steroid dienone is 1. The molecule has 24 heavy (non-hydrogen) atoms. The van der Waals surface area contributed by atoms with Crippen molar-refractivity contribution in [3.05, 3.63) is 41.5 Å².